The molecular formula is C13H14ClNO. The third kappa shape index (κ3) is 2.48. The highest BCUT2D eigenvalue weighted by Crippen LogP contribution is 2.37. The first kappa shape index (κ1) is 11.3. The molecule has 1 aromatic carbocycles. The summed E-state index contributed by atoms with van der Waals surface area (Å²) in [4.78, 5) is 0. The number of hydrogen-bond donors (Lipinski definition) is 0. The minimum atomic E-state index is -0.275. The molecule has 16 heavy (non-hydrogen) atoms. The van der Waals surface area contributed by atoms with Crippen LogP contribution in [-0.4, -0.2) is 6.61 Å². The van der Waals surface area contributed by atoms with Gasteiger partial charge in [-0.2, -0.15) is 5.26 Å². The predicted molar refractivity (Wildman–Crippen MR) is 63.5 cm³/mol. The summed E-state index contributed by atoms with van der Waals surface area (Å²) >= 11 is 5.86. The molecule has 0 N–H and O–H groups in total. The first-order chi connectivity index (χ1) is 7.74. The molecular weight excluding hydrogens is 222 g/mol. The molecule has 0 unspecified atom stereocenters. The molecule has 1 fully saturated rings. The van der Waals surface area contributed by atoms with E-state index in [1.165, 1.54) is 0 Å². The summed E-state index contributed by atoms with van der Waals surface area (Å²) in [5, 5.41) is 9.86. The Kier molecular flexibility index (Phi) is 3.36. The molecule has 2 nitrogen and oxygen atoms in total. The normalized spacial score (nSPS) is 18.0. The summed E-state index contributed by atoms with van der Waals surface area (Å²) in [7, 11) is 0. The lowest BCUT2D eigenvalue weighted by Gasteiger charge is -2.20. The Morgan fingerprint density at radius 3 is 2.75 bits per heavy atom. The Morgan fingerprint density at radius 1 is 1.38 bits per heavy atom. The van der Waals surface area contributed by atoms with E-state index < -0.39 is 0 Å². The highest BCUT2D eigenvalue weighted by Gasteiger charge is 2.34. The van der Waals surface area contributed by atoms with E-state index >= 15 is 0 Å². The van der Waals surface area contributed by atoms with Crippen LogP contribution in [0, 0.1) is 16.7 Å². The Bertz CT molecular complexity index is 405. The van der Waals surface area contributed by atoms with Crippen LogP contribution in [0.5, 0.6) is 5.75 Å². The molecule has 0 amide bonds. The van der Waals surface area contributed by atoms with Crippen molar-refractivity contribution in [3.05, 3.63) is 29.3 Å². The van der Waals surface area contributed by atoms with Crippen molar-refractivity contribution in [2.24, 2.45) is 5.41 Å². The molecule has 0 atom stereocenters. The zero-order valence-corrected chi connectivity index (χ0v) is 9.83. The van der Waals surface area contributed by atoms with E-state index in [0.717, 1.165) is 31.4 Å². The van der Waals surface area contributed by atoms with Crippen LogP contribution in [0.25, 0.3) is 0 Å². The zero-order chi connectivity index (χ0) is 11.4. The fourth-order valence-corrected chi connectivity index (χ4v) is 2.30. The molecule has 1 aliphatic rings. The van der Waals surface area contributed by atoms with Gasteiger partial charge in [0, 0.05) is 5.02 Å². The Hall–Kier alpha value is -1.20. The molecule has 0 heterocycles. The molecule has 3 heteroatoms. The van der Waals surface area contributed by atoms with Gasteiger partial charge >= 0.3 is 0 Å². The lowest BCUT2D eigenvalue weighted by Crippen LogP contribution is -2.23. The number of benzene rings is 1. The summed E-state index contributed by atoms with van der Waals surface area (Å²) in [5.41, 5.74) is -0.275. The van der Waals surface area contributed by atoms with Crippen LogP contribution in [0.1, 0.15) is 25.7 Å². The Balaban J connectivity index is 1.99. The van der Waals surface area contributed by atoms with E-state index in [-0.39, 0.29) is 5.41 Å². The van der Waals surface area contributed by atoms with Gasteiger partial charge in [-0.3, -0.25) is 0 Å². The lowest BCUT2D eigenvalue weighted by atomic mass is 9.89. The number of nitrogens with zero attached hydrogens (tertiary/aromatic N) is 1. The molecule has 0 saturated heterocycles. The van der Waals surface area contributed by atoms with Gasteiger partial charge in [-0.25, -0.2) is 0 Å². The van der Waals surface area contributed by atoms with Gasteiger partial charge in [-0.05, 0) is 31.0 Å². The number of ether oxygens (including phenoxy) is 1. The molecule has 0 aliphatic heterocycles. The zero-order valence-electron chi connectivity index (χ0n) is 9.08. The minimum absolute atomic E-state index is 0.275. The van der Waals surface area contributed by atoms with E-state index in [9.17, 15) is 5.26 Å². The minimum Gasteiger partial charge on any atom is -0.492 e. The van der Waals surface area contributed by atoms with E-state index in [0.29, 0.717) is 11.6 Å². The van der Waals surface area contributed by atoms with Crippen LogP contribution >= 0.6 is 11.6 Å². The van der Waals surface area contributed by atoms with E-state index in [2.05, 4.69) is 6.07 Å². The first-order valence-corrected chi connectivity index (χ1v) is 5.92. The Labute approximate surface area is 101 Å². The second kappa shape index (κ2) is 4.76. The third-order valence-electron chi connectivity index (χ3n) is 3.11. The van der Waals surface area contributed by atoms with Gasteiger partial charge in [0.15, 0.2) is 0 Å². The molecule has 1 aromatic rings. The lowest BCUT2D eigenvalue weighted by molar-refractivity contribution is 0.201. The SMILES string of the molecule is N#CC1(COc2cccc(Cl)c2)CCCC1. The molecule has 2 rings (SSSR count). The molecule has 0 bridgehead atoms. The van der Waals surface area contributed by atoms with Crippen LogP contribution < -0.4 is 4.74 Å². The quantitative estimate of drug-likeness (QED) is 0.798. The van der Waals surface area contributed by atoms with Crippen molar-refractivity contribution in [2.45, 2.75) is 25.7 Å². The maximum absolute atomic E-state index is 9.19. The molecule has 84 valence electrons. The topological polar surface area (TPSA) is 33.0 Å². The van der Waals surface area contributed by atoms with Gasteiger partial charge < -0.3 is 4.74 Å². The van der Waals surface area contributed by atoms with Gasteiger partial charge in [0.25, 0.3) is 0 Å². The summed E-state index contributed by atoms with van der Waals surface area (Å²) in [5.74, 6) is 0.744. The van der Waals surface area contributed by atoms with Gasteiger partial charge in [0.1, 0.15) is 12.4 Å². The second-order valence-corrected chi connectivity index (χ2v) is 4.78. The summed E-state index contributed by atoms with van der Waals surface area (Å²) in [6.07, 6.45) is 4.16. The van der Waals surface area contributed by atoms with Crippen molar-refractivity contribution < 1.29 is 4.74 Å². The van der Waals surface area contributed by atoms with E-state index in [1.54, 1.807) is 6.07 Å². The molecule has 0 aromatic heterocycles. The van der Waals surface area contributed by atoms with Crippen LogP contribution in [0.4, 0.5) is 0 Å². The van der Waals surface area contributed by atoms with Gasteiger partial charge in [0.2, 0.25) is 0 Å². The maximum Gasteiger partial charge on any atom is 0.120 e. The Morgan fingerprint density at radius 2 is 2.12 bits per heavy atom. The van der Waals surface area contributed by atoms with Crippen molar-refractivity contribution in [2.75, 3.05) is 6.61 Å². The van der Waals surface area contributed by atoms with Crippen LogP contribution in [-0.2, 0) is 0 Å². The summed E-state index contributed by atoms with van der Waals surface area (Å²) < 4.78 is 5.66. The molecule has 1 aliphatic carbocycles. The summed E-state index contributed by atoms with van der Waals surface area (Å²) in [6.45, 7) is 0.476. The average molecular weight is 236 g/mol. The van der Waals surface area contributed by atoms with Crippen LogP contribution in [0.3, 0.4) is 0 Å². The van der Waals surface area contributed by atoms with Gasteiger partial charge in [-0.1, -0.05) is 30.5 Å². The maximum atomic E-state index is 9.19. The fraction of sp³-hybridized carbons (Fsp3) is 0.462. The second-order valence-electron chi connectivity index (χ2n) is 4.35. The fourth-order valence-electron chi connectivity index (χ4n) is 2.12. The van der Waals surface area contributed by atoms with Crippen molar-refractivity contribution in [1.82, 2.24) is 0 Å². The molecule has 0 spiro atoms. The predicted octanol–water partition coefficient (Wildman–Crippen LogP) is 3.80. The largest absolute Gasteiger partial charge is 0.492 e. The van der Waals surface area contributed by atoms with Gasteiger partial charge in [0.05, 0.1) is 11.5 Å². The van der Waals surface area contributed by atoms with Gasteiger partial charge in [-0.15, -0.1) is 0 Å². The van der Waals surface area contributed by atoms with Crippen LogP contribution in [0.2, 0.25) is 5.02 Å². The van der Waals surface area contributed by atoms with E-state index in [4.69, 9.17) is 16.3 Å². The number of nitriles is 1. The smallest absolute Gasteiger partial charge is 0.120 e. The van der Waals surface area contributed by atoms with Crippen LogP contribution in [0.15, 0.2) is 24.3 Å². The van der Waals surface area contributed by atoms with Crippen molar-refractivity contribution >= 4 is 11.6 Å². The third-order valence-corrected chi connectivity index (χ3v) is 3.34. The monoisotopic (exact) mass is 235 g/mol. The first-order valence-electron chi connectivity index (χ1n) is 5.54. The number of halogens is 1. The highest BCUT2D eigenvalue weighted by molar-refractivity contribution is 6.30. The molecule has 1 saturated carbocycles. The van der Waals surface area contributed by atoms with E-state index in [1.807, 2.05) is 18.2 Å². The summed E-state index contributed by atoms with van der Waals surface area (Å²) in [6, 6.07) is 9.71. The molecule has 0 radical (unpaired) electrons. The van der Waals surface area contributed by atoms with Crippen molar-refractivity contribution in [1.29, 1.82) is 5.26 Å². The standard InChI is InChI=1S/C13H14ClNO/c14-11-4-3-5-12(8-11)16-10-13(9-15)6-1-2-7-13/h3-5,8H,1-2,6-7,10H2. The number of hydrogen-bond acceptors (Lipinski definition) is 2. The average Bonchev–Trinajstić information content (AvgIpc) is 2.76. The highest BCUT2D eigenvalue weighted by atomic mass is 35.5. The number of rotatable bonds is 3. The van der Waals surface area contributed by atoms with Crippen molar-refractivity contribution in [3.63, 3.8) is 0 Å². The van der Waals surface area contributed by atoms with Crippen molar-refractivity contribution in [3.8, 4) is 11.8 Å².